The van der Waals surface area contributed by atoms with Crippen LogP contribution in [0, 0.1) is 0 Å². The number of hydrogen-bond donors (Lipinski definition) is 2. The summed E-state index contributed by atoms with van der Waals surface area (Å²) in [5.74, 6) is -0.876. The first-order valence-electron chi connectivity index (χ1n) is 4.25. The van der Waals surface area contributed by atoms with Crippen molar-refractivity contribution >= 4 is 5.97 Å². The molecule has 1 rings (SSSR count). The lowest BCUT2D eigenvalue weighted by atomic mass is 9.90. The molecule has 2 unspecified atom stereocenters. The maximum absolute atomic E-state index is 10.9. The lowest BCUT2D eigenvalue weighted by Gasteiger charge is -2.28. The second kappa shape index (κ2) is 3.03. The third-order valence-electron chi connectivity index (χ3n) is 2.79. The van der Waals surface area contributed by atoms with Crippen LogP contribution < -0.4 is 5.73 Å². The van der Waals surface area contributed by atoms with Crippen molar-refractivity contribution in [2.24, 2.45) is 5.73 Å². The Morgan fingerprint density at radius 2 is 2.42 bits per heavy atom. The first-order valence-corrected chi connectivity index (χ1v) is 4.25. The van der Waals surface area contributed by atoms with Crippen molar-refractivity contribution in [2.45, 2.75) is 31.3 Å². The normalized spacial score (nSPS) is 37.1. The Balaban J connectivity index is 2.84. The Hall–Kier alpha value is -0.610. The van der Waals surface area contributed by atoms with E-state index >= 15 is 0 Å². The van der Waals surface area contributed by atoms with E-state index in [1.165, 1.54) is 0 Å². The Bertz CT molecular complexity index is 195. The monoisotopic (exact) mass is 172 g/mol. The van der Waals surface area contributed by atoms with Gasteiger partial charge in [-0.1, -0.05) is 6.92 Å². The van der Waals surface area contributed by atoms with Crippen molar-refractivity contribution in [3.63, 3.8) is 0 Å². The molecule has 0 aliphatic carbocycles. The number of likely N-dealkylation sites (tertiary alicyclic amines) is 1. The van der Waals surface area contributed by atoms with Crippen molar-refractivity contribution in [3.05, 3.63) is 0 Å². The second-order valence-electron chi connectivity index (χ2n) is 3.50. The van der Waals surface area contributed by atoms with Crippen LogP contribution in [0.3, 0.4) is 0 Å². The highest BCUT2D eigenvalue weighted by atomic mass is 16.4. The van der Waals surface area contributed by atoms with Crippen LogP contribution in [0.2, 0.25) is 0 Å². The number of nitrogens with two attached hydrogens (primary N) is 1. The van der Waals surface area contributed by atoms with E-state index in [9.17, 15) is 4.79 Å². The van der Waals surface area contributed by atoms with Gasteiger partial charge in [0.1, 0.15) is 5.54 Å². The van der Waals surface area contributed by atoms with E-state index in [1.807, 2.05) is 18.9 Å². The lowest BCUT2D eigenvalue weighted by molar-refractivity contribution is -0.144. The fourth-order valence-electron chi connectivity index (χ4n) is 2.00. The molecule has 70 valence electrons. The molecule has 12 heavy (non-hydrogen) atoms. The van der Waals surface area contributed by atoms with Gasteiger partial charge in [0.15, 0.2) is 0 Å². The number of carboxylic acid groups (broad SMARTS) is 1. The Morgan fingerprint density at radius 1 is 1.83 bits per heavy atom. The van der Waals surface area contributed by atoms with Gasteiger partial charge in [-0.15, -0.1) is 0 Å². The fraction of sp³-hybridized carbons (Fsp3) is 0.875. The number of nitrogens with zero attached hydrogens (tertiary/aromatic N) is 1. The molecule has 0 radical (unpaired) electrons. The summed E-state index contributed by atoms with van der Waals surface area (Å²) in [5, 5.41) is 8.94. The van der Waals surface area contributed by atoms with Gasteiger partial charge in [0.05, 0.1) is 0 Å². The number of hydrogen-bond acceptors (Lipinski definition) is 3. The Labute approximate surface area is 72.3 Å². The van der Waals surface area contributed by atoms with Gasteiger partial charge in [-0.3, -0.25) is 4.79 Å². The number of carboxylic acids is 1. The van der Waals surface area contributed by atoms with Crippen molar-refractivity contribution in [3.8, 4) is 0 Å². The molecule has 4 nitrogen and oxygen atoms in total. The topological polar surface area (TPSA) is 66.6 Å². The van der Waals surface area contributed by atoms with Crippen LogP contribution in [-0.4, -0.2) is 41.1 Å². The molecule has 0 aromatic heterocycles. The molecule has 1 aliphatic rings. The highest BCUT2D eigenvalue weighted by Gasteiger charge is 2.47. The van der Waals surface area contributed by atoms with Gasteiger partial charge in [0.2, 0.25) is 0 Å². The third kappa shape index (κ3) is 1.21. The van der Waals surface area contributed by atoms with Crippen LogP contribution in [0.25, 0.3) is 0 Å². The SMILES string of the molecule is CCC1N(C)CCC1(N)C(=O)O. The van der Waals surface area contributed by atoms with Gasteiger partial charge in [0, 0.05) is 12.6 Å². The highest BCUT2D eigenvalue weighted by molar-refractivity contribution is 5.80. The molecule has 3 N–H and O–H groups in total. The van der Waals surface area contributed by atoms with Crippen molar-refractivity contribution in [2.75, 3.05) is 13.6 Å². The number of likely N-dealkylation sites (N-methyl/N-ethyl adjacent to an activating group) is 1. The zero-order chi connectivity index (χ0) is 9.35. The van der Waals surface area contributed by atoms with Crippen LogP contribution in [0.5, 0.6) is 0 Å². The molecule has 4 heteroatoms. The summed E-state index contributed by atoms with van der Waals surface area (Å²) in [6.45, 7) is 2.75. The smallest absolute Gasteiger partial charge is 0.325 e. The van der Waals surface area contributed by atoms with Gasteiger partial charge >= 0.3 is 5.97 Å². The summed E-state index contributed by atoms with van der Waals surface area (Å²) in [5.41, 5.74) is 4.78. The minimum Gasteiger partial charge on any atom is -0.480 e. The summed E-state index contributed by atoms with van der Waals surface area (Å²) in [4.78, 5) is 12.9. The number of carbonyl (C=O) groups is 1. The van der Waals surface area contributed by atoms with E-state index in [-0.39, 0.29) is 6.04 Å². The van der Waals surface area contributed by atoms with Gasteiger partial charge in [-0.2, -0.15) is 0 Å². The standard InChI is InChI=1S/C8H16N2O2/c1-3-6-8(9,7(11)12)4-5-10(6)2/h6H,3-5,9H2,1-2H3,(H,11,12). The van der Waals surface area contributed by atoms with Crippen LogP contribution in [-0.2, 0) is 4.79 Å². The quantitative estimate of drug-likeness (QED) is 0.609. The van der Waals surface area contributed by atoms with Gasteiger partial charge in [-0.25, -0.2) is 0 Å². The second-order valence-corrected chi connectivity index (χ2v) is 3.50. The third-order valence-corrected chi connectivity index (χ3v) is 2.79. The summed E-state index contributed by atoms with van der Waals surface area (Å²) in [6.07, 6.45) is 1.34. The van der Waals surface area contributed by atoms with Crippen LogP contribution in [0.4, 0.5) is 0 Å². The van der Waals surface area contributed by atoms with Gasteiger partial charge in [0.25, 0.3) is 0 Å². The van der Waals surface area contributed by atoms with E-state index < -0.39 is 11.5 Å². The Morgan fingerprint density at radius 3 is 2.75 bits per heavy atom. The van der Waals surface area contributed by atoms with E-state index in [4.69, 9.17) is 10.8 Å². The molecule has 1 heterocycles. The minimum absolute atomic E-state index is 0.0185. The predicted molar refractivity (Wildman–Crippen MR) is 45.9 cm³/mol. The first-order chi connectivity index (χ1) is 5.52. The summed E-state index contributed by atoms with van der Waals surface area (Å²) in [6, 6.07) is -0.0185. The average molecular weight is 172 g/mol. The van der Waals surface area contributed by atoms with E-state index in [0.29, 0.717) is 6.42 Å². The van der Waals surface area contributed by atoms with Crippen LogP contribution in [0.15, 0.2) is 0 Å². The highest BCUT2D eigenvalue weighted by Crippen LogP contribution is 2.27. The summed E-state index contributed by atoms with van der Waals surface area (Å²) < 4.78 is 0. The molecular weight excluding hydrogens is 156 g/mol. The lowest BCUT2D eigenvalue weighted by Crippen LogP contribution is -2.56. The molecule has 0 spiro atoms. The summed E-state index contributed by atoms with van der Waals surface area (Å²) >= 11 is 0. The first kappa shape index (κ1) is 9.48. The van der Waals surface area contributed by atoms with E-state index in [1.54, 1.807) is 0 Å². The van der Waals surface area contributed by atoms with Crippen molar-refractivity contribution < 1.29 is 9.90 Å². The van der Waals surface area contributed by atoms with Gasteiger partial charge in [-0.05, 0) is 19.9 Å². The molecule has 2 atom stereocenters. The molecule has 0 bridgehead atoms. The molecule has 1 aliphatic heterocycles. The summed E-state index contributed by atoms with van der Waals surface area (Å²) in [7, 11) is 1.92. The molecule has 0 aromatic rings. The molecular formula is C8H16N2O2. The molecule has 0 aromatic carbocycles. The fourth-order valence-corrected chi connectivity index (χ4v) is 2.00. The largest absolute Gasteiger partial charge is 0.480 e. The van der Waals surface area contributed by atoms with Crippen molar-refractivity contribution in [1.82, 2.24) is 4.90 Å². The minimum atomic E-state index is -1.02. The van der Waals surface area contributed by atoms with Crippen LogP contribution in [0.1, 0.15) is 19.8 Å². The Kier molecular flexibility index (Phi) is 2.39. The molecule has 0 amide bonds. The maximum atomic E-state index is 10.9. The van der Waals surface area contributed by atoms with E-state index in [0.717, 1.165) is 13.0 Å². The maximum Gasteiger partial charge on any atom is 0.325 e. The predicted octanol–water partition coefficient (Wildman–Crippen LogP) is -0.117. The zero-order valence-electron chi connectivity index (χ0n) is 7.58. The molecule has 1 fully saturated rings. The average Bonchev–Trinajstić information content (AvgIpc) is 2.29. The van der Waals surface area contributed by atoms with Crippen molar-refractivity contribution in [1.29, 1.82) is 0 Å². The van der Waals surface area contributed by atoms with Gasteiger partial charge < -0.3 is 15.7 Å². The van der Waals surface area contributed by atoms with Crippen LogP contribution >= 0.6 is 0 Å². The number of aliphatic carboxylic acids is 1. The molecule has 1 saturated heterocycles. The number of rotatable bonds is 2. The molecule has 0 saturated carbocycles. The zero-order valence-corrected chi connectivity index (χ0v) is 7.58. The van der Waals surface area contributed by atoms with E-state index in [2.05, 4.69) is 0 Å².